The van der Waals surface area contributed by atoms with Crippen molar-refractivity contribution >= 4 is 28.4 Å². The summed E-state index contributed by atoms with van der Waals surface area (Å²) in [5, 5.41) is 7.98. The fourth-order valence-electron chi connectivity index (χ4n) is 5.30. The number of nitrogens with zero attached hydrogens (tertiary/aromatic N) is 3. The second-order valence-corrected chi connectivity index (χ2v) is 9.42. The number of carbonyl (C=O) groups is 2. The monoisotopic (exact) mass is 466 g/mol. The summed E-state index contributed by atoms with van der Waals surface area (Å²) in [6.07, 6.45) is 7.66. The first-order valence-electron chi connectivity index (χ1n) is 11.9. The van der Waals surface area contributed by atoms with E-state index in [2.05, 4.69) is 15.1 Å². The molecule has 2 amide bonds. The highest BCUT2D eigenvalue weighted by Gasteiger charge is 2.45. The maximum atomic E-state index is 13.6. The molecule has 34 heavy (non-hydrogen) atoms. The predicted molar refractivity (Wildman–Crippen MR) is 126 cm³/mol. The van der Waals surface area contributed by atoms with Gasteiger partial charge in [-0.2, -0.15) is 13.9 Å². The number of amides is 2. The molecule has 0 bridgehead atoms. The molecular weight excluding hydrogens is 438 g/mol. The van der Waals surface area contributed by atoms with Gasteiger partial charge in [-0.25, -0.2) is 0 Å². The Morgan fingerprint density at radius 3 is 2.53 bits per heavy atom. The topological polar surface area (TPSA) is 67.2 Å². The van der Waals surface area contributed by atoms with Gasteiger partial charge in [0, 0.05) is 24.4 Å². The first-order valence-corrected chi connectivity index (χ1v) is 11.9. The van der Waals surface area contributed by atoms with Crippen molar-refractivity contribution in [3.05, 3.63) is 60.3 Å². The Morgan fingerprint density at radius 1 is 1.09 bits per heavy atom. The van der Waals surface area contributed by atoms with Gasteiger partial charge in [0.2, 0.25) is 5.91 Å². The Hall–Kier alpha value is -3.29. The van der Waals surface area contributed by atoms with E-state index < -0.39 is 23.9 Å². The van der Waals surface area contributed by atoms with Crippen molar-refractivity contribution < 1.29 is 18.4 Å². The molecule has 1 aromatic heterocycles. The van der Waals surface area contributed by atoms with Crippen molar-refractivity contribution in [1.82, 2.24) is 15.1 Å². The van der Waals surface area contributed by atoms with Crippen molar-refractivity contribution in [2.75, 3.05) is 4.90 Å². The third kappa shape index (κ3) is 4.17. The van der Waals surface area contributed by atoms with Crippen LogP contribution in [0, 0.1) is 0 Å². The van der Waals surface area contributed by atoms with E-state index in [-0.39, 0.29) is 12.3 Å². The van der Waals surface area contributed by atoms with Gasteiger partial charge < -0.3 is 10.2 Å². The summed E-state index contributed by atoms with van der Waals surface area (Å²) in [6, 6.07) is 14.0. The molecule has 8 heteroatoms. The van der Waals surface area contributed by atoms with Crippen LogP contribution in [0.25, 0.3) is 10.9 Å². The number of rotatable bonds is 5. The van der Waals surface area contributed by atoms with E-state index in [0.29, 0.717) is 18.7 Å². The molecule has 1 unspecified atom stereocenters. The number of anilines is 1. The van der Waals surface area contributed by atoms with Gasteiger partial charge in [-0.1, -0.05) is 49.6 Å². The summed E-state index contributed by atoms with van der Waals surface area (Å²) in [5.74, 6) is -5.13. The molecule has 2 aliphatic rings. The molecule has 178 valence electrons. The van der Waals surface area contributed by atoms with Crippen LogP contribution in [0.3, 0.4) is 0 Å². The van der Waals surface area contributed by atoms with Crippen LogP contribution in [-0.2, 0) is 9.59 Å². The molecule has 1 aliphatic carbocycles. The minimum absolute atomic E-state index is 0.0548. The van der Waals surface area contributed by atoms with Gasteiger partial charge in [0.15, 0.2) is 0 Å². The van der Waals surface area contributed by atoms with E-state index >= 15 is 0 Å². The maximum Gasteiger partial charge on any atom is 0.321 e. The summed E-state index contributed by atoms with van der Waals surface area (Å²) >= 11 is 0. The lowest BCUT2D eigenvalue weighted by molar-refractivity contribution is -0.143. The lowest BCUT2D eigenvalue weighted by Gasteiger charge is -2.30. The number of carbonyl (C=O) groups excluding carboxylic acids is 2. The normalized spacial score (nSPS) is 21.9. The largest absolute Gasteiger partial charge is 0.345 e. The smallest absolute Gasteiger partial charge is 0.321 e. The van der Waals surface area contributed by atoms with Crippen LogP contribution < -0.4 is 10.2 Å². The van der Waals surface area contributed by atoms with Gasteiger partial charge in [0.25, 0.3) is 5.91 Å². The van der Waals surface area contributed by atoms with E-state index in [1.54, 1.807) is 4.90 Å². The highest BCUT2D eigenvalue weighted by Crippen LogP contribution is 2.39. The van der Waals surface area contributed by atoms with Gasteiger partial charge in [0.1, 0.15) is 0 Å². The van der Waals surface area contributed by atoms with Crippen molar-refractivity contribution in [3.63, 3.8) is 0 Å². The van der Waals surface area contributed by atoms with Crippen LogP contribution in [0.15, 0.2) is 54.7 Å². The Balaban J connectivity index is 1.50. The number of benzene rings is 2. The molecule has 1 saturated carbocycles. The first kappa shape index (κ1) is 22.5. The van der Waals surface area contributed by atoms with Gasteiger partial charge in [-0.05, 0) is 36.6 Å². The van der Waals surface area contributed by atoms with E-state index in [4.69, 9.17) is 0 Å². The van der Waals surface area contributed by atoms with Crippen LogP contribution in [0.1, 0.15) is 63.1 Å². The van der Waals surface area contributed by atoms with Crippen LogP contribution in [0.4, 0.5) is 14.5 Å². The van der Waals surface area contributed by atoms with Gasteiger partial charge >= 0.3 is 5.92 Å². The molecule has 2 fully saturated rings. The molecule has 2 heterocycles. The number of halogens is 2. The summed E-state index contributed by atoms with van der Waals surface area (Å²) in [6.45, 7) is 0.562. The van der Waals surface area contributed by atoms with Gasteiger partial charge in [-0.15, -0.1) is 0 Å². The number of hydrogen-bond acceptors (Lipinski definition) is 3. The Bertz CT molecular complexity index is 1200. The van der Waals surface area contributed by atoms with E-state index in [0.717, 1.165) is 29.3 Å². The van der Waals surface area contributed by atoms with Crippen molar-refractivity contribution in [2.45, 2.75) is 69.5 Å². The second kappa shape index (κ2) is 8.81. The standard InChI is InChI=1S/C26H28F2N4O2/c1-26(27,28)25(34)30-21-15-23(33)31(24(21)17-8-4-2-5-9-17)20-12-13-22-18(14-20)16-29-32(22)19-10-6-3-7-11-19/h2,4-5,8-9,12-14,16,19,21,24H,3,6-7,10-11,15H2,1H3,(H,30,34)/t21-,24?/m0/s1. The predicted octanol–water partition coefficient (Wildman–Crippen LogP) is 5.16. The van der Waals surface area contributed by atoms with Crippen LogP contribution in [-0.4, -0.2) is 33.6 Å². The zero-order valence-corrected chi connectivity index (χ0v) is 19.1. The van der Waals surface area contributed by atoms with Gasteiger partial charge in [0.05, 0.1) is 29.8 Å². The van der Waals surface area contributed by atoms with Gasteiger partial charge in [-0.3, -0.25) is 14.3 Å². The number of fused-ring (bicyclic) bond motifs is 1. The quantitative estimate of drug-likeness (QED) is 0.565. The van der Waals surface area contributed by atoms with Crippen LogP contribution >= 0.6 is 0 Å². The van der Waals surface area contributed by atoms with Crippen molar-refractivity contribution in [1.29, 1.82) is 0 Å². The number of hydrogen-bond donors (Lipinski definition) is 1. The van der Waals surface area contributed by atoms with Crippen LogP contribution in [0.2, 0.25) is 0 Å². The van der Waals surface area contributed by atoms with E-state index in [9.17, 15) is 18.4 Å². The highest BCUT2D eigenvalue weighted by atomic mass is 19.3. The Morgan fingerprint density at radius 2 is 1.82 bits per heavy atom. The fourth-order valence-corrected chi connectivity index (χ4v) is 5.30. The average molecular weight is 467 g/mol. The molecule has 0 radical (unpaired) electrons. The van der Waals surface area contributed by atoms with E-state index in [1.165, 1.54) is 19.3 Å². The minimum Gasteiger partial charge on any atom is -0.345 e. The molecular formula is C26H28F2N4O2. The summed E-state index contributed by atoms with van der Waals surface area (Å²) < 4.78 is 29.3. The molecule has 1 N–H and O–H groups in total. The Kier molecular flexibility index (Phi) is 5.83. The maximum absolute atomic E-state index is 13.6. The second-order valence-electron chi connectivity index (χ2n) is 9.42. The third-order valence-corrected chi connectivity index (χ3v) is 6.96. The summed E-state index contributed by atoms with van der Waals surface area (Å²) in [5.41, 5.74) is 2.46. The molecule has 1 saturated heterocycles. The van der Waals surface area contributed by atoms with Crippen molar-refractivity contribution in [3.8, 4) is 0 Å². The average Bonchev–Trinajstić information content (AvgIpc) is 3.39. The van der Waals surface area contributed by atoms with Crippen molar-refractivity contribution in [2.24, 2.45) is 0 Å². The molecule has 5 rings (SSSR count). The molecule has 6 nitrogen and oxygen atoms in total. The lowest BCUT2D eigenvalue weighted by Crippen LogP contribution is -2.46. The minimum atomic E-state index is -3.52. The molecule has 2 atom stereocenters. The Labute approximate surface area is 196 Å². The number of aromatic nitrogens is 2. The molecule has 3 aromatic rings. The zero-order chi connectivity index (χ0) is 23.9. The molecule has 0 spiro atoms. The highest BCUT2D eigenvalue weighted by molar-refractivity contribution is 6.00. The number of alkyl halides is 2. The van der Waals surface area contributed by atoms with Crippen LogP contribution in [0.5, 0.6) is 0 Å². The summed E-state index contributed by atoms with van der Waals surface area (Å²) in [7, 11) is 0. The van der Waals surface area contributed by atoms with E-state index in [1.807, 2.05) is 54.7 Å². The fraction of sp³-hybridized carbons (Fsp3) is 0.423. The molecule has 2 aromatic carbocycles. The third-order valence-electron chi connectivity index (χ3n) is 6.96. The number of nitrogens with one attached hydrogen (secondary N) is 1. The first-order chi connectivity index (χ1) is 16.3. The summed E-state index contributed by atoms with van der Waals surface area (Å²) in [4.78, 5) is 26.8. The zero-order valence-electron chi connectivity index (χ0n) is 19.1. The SMILES string of the molecule is CC(F)(F)C(=O)N[C@H]1CC(=O)N(c2ccc3c(cnn3C3CCCCC3)c2)C1c1ccccc1. The molecule has 1 aliphatic heterocycles. The lowest BCUT2D eigenvalue weighted by atomic mass is 9.95.